The van der Waals surface area contributed by atoms with E-state index in [4.69, 9.17) is 9.97 Å². The molecule has 1 aliphatic carbocycles. The number of aromatic nitrogens is 2. The van der Waals surface area contributed by atoms with Crippen molar-refractivity contribution in [2.45, 2.75) is 112 Å². The molecule has 1 saturated carbocycles. The van der Waals surface area contributed by atoms with Gasteiger partial charge in [0.25, 0.3) is 0 Å². The standard InChI is InChI=1S/C41H52N4/c1-28-20-36(21-29(2)32(28)5)40-24-34(12-16-42-40)26-44-18-14-39(15-19-44)45(38-10-8-7-9-11-38)27-35-13-17-43-41(25-35)37-22-30(3)33(6)31(4)23-37/h12-13,16-17,20-25,38-39H,7-11,14-15,18-19,26-27H2,1-6H3. The van der Waals surface area contributed by atoms with Crippen LogP contribution in [-0.2, 0) is 13.1 Å². The fourth-order valence-electron chi connectivity index (χ4n) is 7.68. The van der Waals surface area contributed by atoms with Gasteiger partial charge in [0.2, 0.25) is 0 Å². The third-order valence-electron chi connectivity index (χ3n) is 10.9. The summed E-state index contributed by atoms with van der Waals surface area (Å²) in [5.41, 5.74) is 15.5. The van der Waals surface area contributed by atoms with Gasteiger partial charge in [-0.25, -0.2) is 0 Å². The molecule has 4 heteroatoms. The Morgan fingerprint density at radius 3 is 1.60 bits per heavy atom. The van der Waals surface area contributed by atoms with Crippen LogP contribution >= 0.6 is 0 Å². The molecule has 2 aromatic heterocycles. The Labute approximate surface area is 271 Å². The van der Waals surface area contributed by atoms with E-state index in [1.54, 1.807) is 0 Å². The third-order valence-corrected chi connectivity index (χ3v) is 10.9. The quantitative estimate of drug-likeness (QED) is 0.202. The third kappa shape index (κ3) is 7.39. The molecule has 2 fully saturated rings. The van der Waals surface area contributed by atoms with Crippen LogP contribution in [0, 0.1) is 41.5 Å². The molecule has 3 heterocycles. The Bertz CT molecular complexity index is 1580. The number of benzene rings is 2. The van der Waals surface area contributed by atoms with Crippen molar-refractivity contribution >= 4 is 0 Å². The molecule has 2 aliphatic rings. The molecule has 45 heavy (non-hydrogen) atoms. The molecule has 0 radical (unpaired) electrons. The van der Waals surface area contributed by atoms with Crippen LogP contribution in [0.1, 0.15) is 89.5 Å². The first-order valence-corrected chi connectivity index (χ1v) is 17.3. The molecule has 4 aromatic rings. The molecule has 236 valence electrons. The van der Waals surface area contributed by atoms with Crippen molar-refractivity contribution in [1.29, 1.82) is 0 Å². The normalized spacial score (nSPS) is 16.9. The zero-order chi connectivity index (χ0) is 31.5. The Balaban J connectivity index is 1.14. The summed E-state index contributed by atoms with van der Waals surface area (Å²) in [6.07, 6.45) is 13.3. The molecule has 4 nitrogen and oxygen atoms in total. The number of hydrogen-bond donors (Lipinski definition) is 0. The number of piperidine rings is 1. The number of hydrogen-bond acceptors (Lipinski definition) is 4. The van der Waals surface area contributed by atoms with E-state index < -0.39 is 0 Å². The van der Waals surface area contributed by atoms with Crippen LogP contribution in [0.3, 0.4) is 0 Å². The van der Waals surface area contributed by atoms with E-state index in [0.717, 1.165) is 37.6 Å². The number of likely N-dealkylation sites (tertiary alicyclic amines) is 1. The highest BCUT2D eigenvalue weighted by molar-refractivity contribution is 5.64. The lowest BCUT2D eigenvalue weighted by Crippen LogP contribution is -2.49. The number of aryl methyl sites for hydroxylation is 4. The minimum Gasteiger partial charge on any atom is -0.299 e. The van der Waals surface area contributed by atoms with Gasteiger partial charge in [0, 0.05) is 48.7 Å². The largest absolute Gasteiger partial charge is 0.299 e. The summed E-state index contributed by atoms with van der Waals surface area (Å²) in [4.78, 5) is 15.1. The van der Waals surface area contributed by atoms with Crippen LogP contribution in [0.2, 0.25) is 0 Å². The van der Waals surface area contributed by atoms with Crippen LogP contribution in [-0.4, -0.2) is 44.9 Å². The van der Waals surface area contributed by atoms with Gasteiger partial charge in [0.1, 0.15) is 0 Å². The van der Waals surface area contributed by atoms with Crippen LogP contribution in [0.15, 0.2) is 60.9 Å². The van der Waals surface area contributed by atoms with Crippen molar-refractivity contribution in [2.24, 2.45) is 0 Å². The summed E-state index contributed by atoms with van der Waals surface area (Å²) < 4.78 is 0. The first-order valence-electron chi connectivity index (χ1n) is 17.3. The van der Waals surface area contributed by atoms with E-state index in [1.807, 2.05) is 12.4 Å². The summed E-state index contributed by atoms with van der Waals surface area (Å²) in [7, 11) is 0. The highest BCUT2D eigenvalue weighted by Crippen LogP contribution is 2.31. The van der Waals surface area contributed by atoms with Crippen molar-refractivity contribution < 1.29 is 0 Å². The topological polar surface area (TPSA) is 32.3 Å². The second-order valence-corrected chi connectivity index (χ2v) is 14.0. The van der Waals surface area contributed by atoms with Gasteiger partial charge >= 0.3 is 0 Å². The lowest BCUT2D eigenvalue weighted by molar-refractivity contribution is 0.0488. The average Bonchev–Trinajstić information content (AvgIpc) is 3.05. The maximum atomic E-state index is 4.81. The monoisotopic (exact) mass is 600 g/mol. The molecule has 0 amide bonds. The first-order chi connectivity index (χ1) is 21.7. The molecule has 0 spiro atoms. The van der Waals surface area contributed by atoms with Crippen molar-refractivity contribution in [1.82, 2.24) is 19.8 Å². The average molecular weight is 601 g/mol. The predicted octanol–water partition coefficient (Wildman–Crippen LogP) is 9.46. The van der Waals surface area contributed by atoms with Gasteiger partial charge in [-0.05, 0) is 173 Å². The summed E-state index contributed by atoms with van der Waals surface area (Å²) >= 11 is 0. The van der Waals surface area contributed by atoms with Gasteiger partial charge in [-0.2, -0.15) is 0 Å². The van der Waals surface area contributed by atoms with E-state index in [1.165, 1.54) is 101 Å². The van der Waals surface area contributed by atoms with E-state index >= 15 is 0 Å². The molecule has 0 unspecified atom stereocenters. The first kappa shape index (κ1) is 31.6. The molecular weight excluding hydrogens is 548 g/mol. The molecule has 6 rings (SSSR count). The van der Waals surface area contributed by atoms with Gasteiger partial charge in [-0.1, -0.05) is 19.3 Å². The smallest absolute Gasteiger partial charge is 0.0705 e. The molecule has 0 bridgehead atoms. The Kier molecular flexibility index (Phi) is 9.82. The van der Waals surface area contributed by atoms with E-state index in [0.29, 0.717) is 12.1 Å². The zero-order valence-electron chi connectivity index (χ0n) is 28.5. The lowest BCUT2D eigenvalue weighted by Gasteiger charge is -2.44. The minimum atomic E-state index is 0.635. The van der Waals surface area contributed by atoms with Crippen LogP contribution in [0.4, 0.5) is 0 Å². The van der Waals surface area contributed by atoms with Gasteiger partial charge in [0.05, 0.1) is 11.4 Å². The minimum absolute atomic E-state index is 0.635. The predicted molar refractivity (Wildman–Crippen MR) is 188 cm³/mol. The summed E-state index contributed by atoms with van der Waals surface area (Å²) in [5, 5.41) is 0. The Hall–Kier alpha value is -3.34. The molecule has 1 saturated heterocycles. The van der Waals surface area contributed by atoms with E-state index in [-0.39, 0.29) is 0 Å². The Morgan fingerprint density at radius 2 is 1.07 bits per heavy atom. The van der Waals surface area contributed by atoms with Gasteiger partial charge < -0.3 is 0 Å². The van der Waals surface area contributed by atoms with Gasteiger partial charge in [-0.3, -0.25) is 19.8 Å². The number of nitrogens with zero attached hydrogens (tertiary/aromatic N) is 4. The molecule has 1 aliphatic heterocycles. The zero-order valence-corrected chi connectivity index (χ0v) is 28.5. The SMILES string of the molecule is Cc1cc(-c2cc(CN3CCC(N(Cc4ccnc(-c5cc(C)c(C)c(C)c5)c4)C4CCCCC4)CC3)ccn2)cc(C)c1C. The van der Waals surface area contributed by atoms with Crippen LogP contribution in [0.5, 0.6) is 0 Å². The van der Waals surface area contributed by atoms with E-state index in [2.05, 4.69) is 99.9 Å². The summed E-state index contributed by atoms with van der Waals surface area (Å²) in [5.74, 6) is 0. The molecule has 2 aromatic carbocycles. The van der Waals surface area contributed by atoms with Crippen molar-refractivity contribution in [3.05, 3.63) is 105 Å². The highest BCUT2D eigenvalue weighted by Gasteiger charge is 2.31. The molecule has 0 atom stereocenters. The summed E-state index contributed by atoms with van der Waals surface area (Å²) in [6, 6.07) is 19.6. The van der Waals surface area contributed by atoms with Crippen LogP contribution < -0.4 is 0 Å². The number of pyridine rings is 2. The van der Waals surface area contributed by atoms with Crippen molar-refractivity contribution in [3.8, 4) is 22.5 Å². The molecular formula is C41H52N4. The second-order valence-electron chi connectivity index (χ2n) is 14.0. The van der Waals surface area contributed by atoms with Gasteiger partial charge in [-0.15, -0.1) is 0 Å². The maximum Gasteiger partial charge on any atom is 0.0705 e. The number of rotatable bonds is 8. The van der Waals surface area contributed by atoms with Crippen molar-refractivity contribution in [3.63, 3.8) is 0 Å². The van der Waals surface area contributed by atoms with Crippen molar-refractivity contribution in [2.75, 3.05) is 13.1 Å². The fourth-order valence-corrected chi connectivity index (χ4v) is 7.68. The lowest BCUT2D eigenvalue weighted by atomic mass is 9.90. The van der Waals surface area contributed by atoms with Gasteiger partial charge in [0.15, 0.2) is 0 Å². The Morgan fingerprint density at radius 1 is 0.600 bits per heavy atom. The fraction of sp³-hybridized carbons (Fsp3) is 0.463. The van der Waals surface area contributed by atoms with E-state index in [9.17, 15) is 0 Å². The summed E-state index contributed by atoms with van der Waals surface area (Å²) in [6.45, 7) is 17.6. The highest BCUT2D eigenvalue weighted by atomic mass is 15.2. The second kappa shape index (κ2) is 14.0. The maximum absolute atomic E-state index is 4.81. The molecule has 0 N–H and O–H groups in total. The van der Waals surface area contributed by atoms with Crippen LogP contribution in [0.25, 0.3) is 22.5 Å².